The lowest BCUT2D eigenvalue weighted by Crippen LogP contribution is -2.29. The standard InChI is InChI=1S/C18H15F4N7O4/c1-8(15-26-7-27-29(15)13-5-12(14(23)30)24-6-25-13)28-16(31)9-2-10(32-17(19)20)4-11(3-9)33-18(21)22/h2-8,17-18H,1H3,(H2,23,30)(H,28,31)/t8-/m0/s1. The molecule has 0 spiro atoms. The van der Waals surface area contributed by atoms with Crippen LogP contribution in [0.4, 0.5) is 17.6 Å². The number of hydrogen-bond donors (Lipinski definition) is 2. The summed E-state index contributed by atoms with van der Waals surface area (Å²) in [4.78, 5) is 35.8. The van der Waals surface area contributed by atoms with E-state index in [1.54, 1.807) is 0 Å². The zero-order valence-electron chi connectivity index (χ0n) is 16.7. The first-order valence-corrected chi connectivity index (χ1v) is 9.01. The third kappa shape index (κ3) is 5.90. The lowest BCUT2D eigenvalue weighted by atomic mass is 10.1. The zero-order valence-corrected chi connectivity index (χ0v) is 16.7. The molecule has 0 radical (unpaired) electrons. The van der Waals surface area contributed by atoms with Crippen LogP contribution in [-0.4, -0.2) is 49.8 Å². The van der Waals surface area contributed by atoms with Crippen LogP contribution >= 0.6 is 0 Å². The number of hydrogen-bond acceptors (Lipinski definition) is 8. The highest BCUT2D eigenvalue weighted by molar-refractivity contribution is 5.95. The molecule has 0 saturated carbocycles. The van der Waals surface area contributed by atoms with Gasteiger partial charge in [-0.3, -0.25) is 9.59 Å². The first-order chi connectivity index (χ1) is 15.6. The monoisotopic (exact) mass is 469 g/mol. The molecule has 2 heterocycles. The molecule has 0 unspecified atom stereocenters. The second-order valence-electron chi connectivity index (χ2n) is 6.30. The van der Waals surface area contributed by atoms with Crippen LogP contribution in [0.15, 0.2) is 36.9 Å². The summed E-state index contributed by atoms with van der Waals surface area (Å²) in [5, 5.41) is 6.51. The fourth-order valence-electron chi connectivity index (χ4n) is 2.71. The summed E-state index contributed by atoms with van der Waals surface area (Å²) in [6.45, 7) is -4.98. The maximum absolute atomic E-state index is 12.7. The van der Waals surface area contributed by atoms with Crippen molar-refractivity contribution in [3.63, 3.8) is 0 Å². The Labute approximate surface area is 182 Å². The summed E-state index contributed by atoms with van der Waals surface area (Å²) < 4.78 is 59.8. The zero-order chi connectivity index (χ0) is 24.1. The van der Waals surface area contributed by atoms with Crippen molar-refractivity contribution in [2.75, 3.05) is 0 Å². The first-order valence-electron chi connectivity index (χ1n) is 9.01. The van der Waals surface area contributed by atoms with E-state index in [2.05, 4.69) is 34.8 Å². The van der Waals surface area contributed by atoms with E-state index in [1.807, 2.05) is 0 Å². The number of ether oxygens (including phenoxy) is 2. The van der Waals surface area contributed by atoms with Crippen molar-refractivity contribution in [3.8, 4) is 17.3 Å². The van der Waals surface area contributed by atoms with E-state index in [-0.39, 0.29) is 22.9 Å². The summed E-state index contributed by atoms with van der Waals surface area (Å²) in [5.74, 6) is -2.44. The van der Waals surface area contributed by atoms with Gasteiger partial charge in [-0.05, 0) is 19.1 Å². The Hall–Kier alpha value is -4.30. The van der Waals surface area contributed by atoms with Crippen molar-refractivity contribution in [2.24, 2.45) is 5.73 Å². The highest BCUT2D eigenvalue weighted by Crippen LogP contribution is 2.26. The molecule has 0 aliphatic heterocycles. The Bertz CT molecular complexity index is 1130. The number of carbonyl (C=O) groups excluding carboxylic acids is 2. The molecule has 0 fully saturated rings. The number of primary amides is 1. The van der Waals surface area contributed by atoms with Crippen LogP contribution < -0.4 is 20.5 Å². The lowest BCUT2D eigenvalue weighted by Gasteiger charge is -2.16. The van der Waals surface area contributed by atoms with Crippen LogP contribution in [0.1, 0.15) is 39.6 Å². The van der Waals surface area contributed by atoms with Crippen molar-refractivity contribution < 1.29 is 36.6 Å². The minimum atomic E-state index is -3.25. The van der Waals surface area contributed by atoms with Gasteiger partial charge in [0.2, 0.25) is 0 Å². The number of nitrogens with zero attached hydrogens (tertiary/aromatic N) is 5. The van der Waals surface area contributed by atoms with Gasteiger partial charge >= 0.3 is 13.2 Å². The molecule has 0 bridgehead atoms. The molecule has 0 aliphatic rings. The molecule has 11 nitrogen and oxygen atoms in total. The van der Waals surface area contributed by atoms with E-state index < -0.39 is 42.6 Å². The quantitative estimate of drug-likeness (QED) is 0.452. The van der Waals surface area contributed by atoms with Gasteiger partial charge in [0.15, 0.2) is 11.6 Å². The van der Waals surface area contributed by atoms with E-state index in [0.29, 0.717) is 0 Å². The Balaban J connectivity index is 1.85. The molecule has 3 N–H and O–H groups in total. The fourth-order valence-corrected chi connectivity index (χ4v) is 2.71. The summed E-state index contributed by atoms with van der Waals surface area (Å²) in [6, 6.07) is 3.07. The van der Waals surface area contributed by atoms with Gasteiger partial charge in [-0.25, -0.2) is 15.0 Å². The summed E-state index contributed by atoms with van der Waals surface area (Å²) >= 11 is 0. The molecule has 2 aromatic heterocycles. The molecule has 174 valence electrons. The number of halogens is 4. The van der Waals surface area contributed by atoms with Crippen LogP contribution in [0, 0.1) is 0 Å². The molecule has 15 heteroatoms. The topological polar surface area (TPSA) is 147 Å². The normalized spacial score (nSPS) is 12.0. The third-order valence-electron chi connectivity index (χ3n) is 4.02. The Morgan fingerprint density at radius 3 is 2.18 bits per heavy atom. The molecular formula is C18H15F4N7O4. The number of nitrogens with one attached hydrogen (secondary N) is 1. The molecular weight excluding hydrogens is 454 g/mol. The maximum atomic E-state index is 12.7. The minimum Gasteiger partial charge on any atom is -0.435 e. The van der Waals surface area contributed by atoms with Crippen molar-refractivity contribution in [2.45, 2.75) is 26.2 Å². The van der Waals surface area contributed by atoms with Gasteiger partial charge in [0.05, 0.1) is 6.04 Å². The predicted molar refractivity (Wildman–Crippen MR) is 101 cm³/mol. The number of rotatable bonds is 9. The largest absolute Gasteiger partial charge is 0.435 e. The fraction of sp³-hybridized carbons (Fsp3) is 0.222. The van der Waals surface area contributed by atoms with E-state index in [1.165, 1.54) is 17.7 Å². The molecule has 0 saturated heterocycles. The van der Waals surface area contributed by atoms with Crippen LogP contribution in [-0.2, 0) is 0 Å². The summed E-state index contributed by atoms with van der Waals surface area (Å²) in [6.07, 6.45) is 2.25. The van der Waals surface area contributed by atoms with Crippen LogP contribution in [0.25, 0.3) is 5.82 Å². The van der Waals surface area contributed by atoms with Crippen molar-refractivity contribution >= 4 is 11.8 Å². The van der Waals surface area contributed by atoms with E-state index in [9.17, 15) is 27.2 Å². The van der Waals surface area contributed by atoms with E-state index >= 15 is 0 Å². The van der Waals surface area contributed by atoms with Crippen molar-refractivity contribution in [1.29, 1.82) is 0 Å². The number of benzene rings is 1. The Morgan fingerprint density at radius 1 is 0.970 bits per heavy atom. The molecule has 3 aromatic rings. The second-order valence-corrected chi connectivity index (χ2v) is 6.30. The van der Waals surface area contributed by atoms with Gasteiger partial charge in [-0.1, -0.05) is 0 Å². The average molecular weight is 469 g/mol. The predicted octanol–water partition coefficient (Wildman–Crippen LogP) is 1.85. The van der Waals surface area contributed by atoms with E-state index in [0.717, 1.165) is 30.9 Å². The summed E-state index contributed by atoms with van der Waals surface area (Å²) in [5.41, 5.74) is 4.83. The second kappa shape index (κ2) is 9.88. The van der Waals surface area contributed by atoms with Gasteiger partial charge in [-0.15, -0.1) is 0 Å². The van der Waals surface area contributed by atoms with Crippen molar-refractivity contribution in [3.05, 3.63) is 54.0 Å². The number of nitrogens with two attached hydrogens (primary N) is 1. The van der Waals surface area contributed by atoms with Crippen LogP contribution in [0.2, 0.25) is 0 Å². The SMILES string of the molecule is C[C@H](NC(=O)c1cc(OC(F)F)cc(OC(F)F)c1)c1ncnn1-c1cc(C(N)=O)ncn1. The number of aromatic nitrogens is 5. The molecule has 3 rings (SSSR count). The number of carbonyl (C=O) groups is 2. The minimum absolute atomic E-state index is 0.0828. The van der Waals surface area contributed by atoms with Crippen LogP contribution in [0.3, 0.4) is 0 Å². The van der Waals surface area contributed by atoms with Gasteiger partial charge in [0, 0.05) is 17.7 Å². The van der Waals surface area contributed by atoms with Gasteiger partial charge in [0.1, 0.15) is 29.8 Å². The molecule has 1 aromatic carbocycles. The molecule has 0 aliphatic carbocycles. The molecule has 33 heavy (non-hydrogen) atoms. The highest BCUT2D eigenvalue weighted by Gasteiger charge is 2.21. The average Bonchev–Trinajstić information content (AvgIpc) is 3.22. The lowest BCUT2D eigenvalue weighted by molar-refractivity contribution is -0.0543. The highest BCUT2D eigenvalue weighted by atomic mass is 19.3. The van der Waals surface area contributed by atoms with Crippen LogP contribution in [0.5, 0.6) is 11.5 Å². The first kappa shape index (κ1) is 23.4. The maximum Gasteiger partial charge on any atom is 0.387 e. The Morgan fingerprint density at radius 2 is 1.61 bits per heavy atom. The smallest absolute Gasteiger partial charge is 0.387 e. The number of amides is 2. The Kier molecular flexibility index (Phi) is 7.00. The number of alkyl halides is 4. The van der Waals surface area contributed by atoms with E-state index in [4.69, 9.17) is 5.73 Å². The van der Waals surface area contributed by atoms with Crippen molar-refractivity contribution in [1.82, 2.24) is 30.0 Å². The molecule has 2 amide bonds. The molecule has 1 atom stereocenters. The van der Waals surface area contributed by atoms with Gasteiger partial charge in [0.25, 0.3) is 11.8 Å². The van der Waals surface area contributed by atoms with Gasteiger partial charge < -0.3 is 20.5 Å². The van der Waals surface area contributed by atoms with Gasteiger partial charge in [-0.2, -0.15) is 27.3 Å². The third-order valence-corrected chi connectivity index (χ3v) is 4.02. The summed E-state index contributed by atoms with van der Waals surface area (Å²) in [7, 11) is 0.